The highest BCUT2D eigenvalue weighted by Gasteiger charge is 2.53. The standard InChI is InChI=1S/C92H169N21O10/c1-14-34-107(81(116)26-21-48-122-70-24-19-23-64(50-70)88-95-73-30-27-65(53-76(73)98-88)89-96-74-31-28-68(54-77(74)99-89)105-44-40-103(12)41-45-105)59-82(117)108(35-15-2)60-83(118)109(36-16-3)61-84(119)110(37-17-4)62-85(120)111(38-18-5)63-86(121)112(58-79(93)114)56-67-57-113(102-101-67)39-22-33-94-80(115)25-20-49-123-87-71(91(6,7)8)51-66(52-72(87)92(9,10)11)90-97-75-32-29-69(55-78(75)100-90)106-46-42-104(13)43-47-106/h64-78,87-90,95-102H,14-63H2,1-13H3,(H2,93,114)(H,94,115). The van der Waals surface area contributed by atoms with E-state index in [9.17, 15) is 38.4 Å². The van der Waals surface area contributed by atoms with Gasteiger partial charge in [0.05, 0.1) is 76.0 Å². The fraction of sp³-hybridized carbons (Fsp3) is 0.913. The van der Waals surface area contributed by atoms with Gasteiger partial charge in [0.15, 0.2) is 0 Å². The number of primary amides is 1. The van der Waals surface area contributed by atoms with Crippen molar-refractivity contribution in [2.24, 2.45) is 46.2 Å². The summed E-state index contributed by atoms with van der Waals surface area (Å²) < 4.78 is 13.5. The molecule has 6 heterocycles. The van der Waals surface area contributed by atoms with E-state index in [2.05, 4.69) is 123 Å². The van der Waals surface area contributed by atoms with Gasteiger partial charge in [0.2, 0.25) is 47.3 Å². The molecule has 702 valence electrons. The fourth-order valence-corrected chi connectivity index (χ4v) is 22.8. The van der Waals surface area contributed by atoms with Crippen LogP contribution in [0.4, 0.5) is 0 Å². The van der Waals surface area contributed by atoms with Crippen LogP contribution in [0.3, 0.4) is 0 Å². The van der Waals surface area contributed by atoms with E-state index in [1.165, 1.54) is 122 Å². The van der Waals surface area contributed by atoms with Crippen LogP contribution in [0.1, 0.15) is 237 Å². The van der Waals surface area contributed by atoms with Crippen molar-refractivity contribution >= 4 is 47.3 Å². The number of piperazine rings is 2. The first-order valence-electron chi connectivity index (χ1n) is 49.1. The molecule has 123 heavy (non-hydrogen) atoms. The van der Waals surface area contributed by atoms with Gasteiger partial charge in [-0.15, -0.1) is 0 Å². The van der Waals surface area contributed by atoms with E-state index in [1.807, 2.05) is 39.6 Å². The number of nitrogens with two attached hydrogens (primary N) is 1. The van der Waals surface area contributed by atoms with Gasteiger partial charge in [0, 0.05) is 186 Å². The van der Waals surface area contributed by atoms with Crippen molar-refractivity contribution in [3.63, 3.8) is 0 Å². The third kappa shape index (κ3) is 28.6. The van der Waals surface area contributed by atoms with Crippen LogP contribution < -0.4 is 53.9 Å². The molecular weight excluding hydrogens is 1560 g/mol. The molecule has 11 fully saturated rings. The van der Waals surface area contributed by atoms with Gasteiger partial charge in [-0.25, -0.2) is 10.4 Å². The predicted molar refractivity (Wildman–Crippen MR) is 482 cm³/mol. The second-order valence-electron chi connectivity index (χ2n) is 41.3. The number of rotatable bonds is 43. The molecule has 31 heteroatoms. The van der Waals surface area contributed by atoms with Crippen molar-refractivity contribution in [1.29, 1.82) is 0 Å². The minimum Gasteiger partial charge on any atom is -0.378 e. The largest absolute Gasteiger partial charge is 0.378 e. The van der Waals surface area contributed by atoms with Crippen LogP contribution in [0.2, 0.25) is 0 Å². The summed E-state index contributed by atoms with van der Waals surface area (Å²) >= 11 is 0. The fourth-order valence-electron chi connectivity index (χ4n) is 22.8. The van der Waals surface area contributed by atoms with E-state index in [4.69, 9.17) is 15.2 Å². The second-order valence-corrected chi connectivity index (χ2v) is 41.3. The summed E-state index contributed by atoms with van der Waals surface area (Å²) in [5, 5.41) is 29.7. The van der Waals surface area contributed by atoms with Gasteiger partial charge in [-0.1, -0.05) is 82.6 Å². The number of nitrogens with zero attached hydrogens (tertiary/aromatic N) is 11. The number of ether oxygens (including phenoxy) is 2. The highest BCUT2D eigenvalue weighted by atomic mass is 16.5. The molecule has 5 saturated carbocycles. The third-order valence-corrected chi connectivity index (χ3v) is 29.8. The number of likely N-dealkylation sites (N-methyl/N-ethyl adjacent to an activating group) is 2. The van der Waals surface area contributed by atoms with E-state index in [1.54, 1.807) is 4.90 Å². The highest BCUT2D eigenvalue weighted by molar-refractivity contribution is 5.93. The lowest BCUT2D eigenvalue weighted by molar-refractivity contribution is -0.148. The maximum atomic E-state index is 14.4. The minimum absolute atomic E-state index is 0.00755. The molecule has 31 nitrogen and oxygen atoms in total. The number of hydrogen-bond donors (Lipinski definition) is 10. The molecule has 11 N–H and O–H groups in total. The van der Waals surface area contributed by atoms with Crippen molar-refractivity contribution in [3.8, 4) is 0 Å². The maximum Gasteiger partial charge on any atom is 0.242 e. The highest BCUT2D eigenvalue weighted by Crippen LogP contribution is 2.51. The molecule has 0 bridgehead atoms. The summed E-state index contributed by atoms with van der Waals surface area (Å²) in [6.45, 7) is 35.5. The van der Waals surface area contributed by atoms with Crippen molar-refractivity contribution in [3.05, 3.63) is 0 Å². The Morgan fingerprint density at radius 2 is 0.846 bits per heavy atom. The van der Waals surface area contributed by atoms with Gasteiger partial charge in [-0.2, -0.15) is 5.53 Å². The Balaban J connectivity index is 0.568. The molecule has 17 atom stereocenters. The van der Waals surface area contributed by atoms with E-state index >= 15 is 0 Å². The molecule has 11 aliphatic rings. The summed E-state index contributed by atoms with van der Waals surface area (Å²) in [5.41, 5.74) is 12.2. The lowest BCUT2D eigenvalue weighted by Crippen LogP contribution is -2.54. The topological polar surface area (TPSA) is 325 Å². The molecule has 0 aromatic rings. The normalized spacial score (nSPS) is 31.2. The van der Waals surface area contributed by atoms with Gasteiger partial charge < -0.3 is 59.7 Å². The summed E-state index contributed by atoms with van der Waals surface area (Å²) in [7, 11) is 4.48. The lowest BCUT2D eigenvalue weighted by atomic mass is 9.58. The first-order valence-corrected chi connectivity index (χ1v) is 49.1. The number of carbonyl (C=O) groups is 8. The molecule has 0 radical (unpaired) electrons. The van der Waals surface area contributed by atoms with Gasteiger partial charge >= 0.3 is 0 Å². The monoisotopic (exact) mass is 1730 g/mol. The third-order valence-electron chi connectivity index (χ3n) is 29.8. The summed E-state index contributed by atoms with van der Waals surface area (Å²) in [6.07, 6.45) is 24.1. The molecule has 6 aliphatic heterocycles. The molecular formula is C92H169N21O10. The average molecular weight is 1730 g/mol. The molecule has 11 rings (SSSR count). The molecule has 0 spiro atoms. The molecule has 5 aliphatic carbocycles. The Kier molecular flexibility index (Phi) is 38.2. The minimum atomic E-state index is -0.702. The Labute approximate surface area is 739 Å². The summed E-state index contributed by atoms with van der Waals surface area (Å²) in [5.74, 6) is -0.623. The zero-order valence-corrected chi connectivity index (χ0v) is 78.4. The smallest absolute Gasteiger partial charge is 0.242 e. The first kappa shape index (κ1) is 98.7. The maximum absolute atomic E-state index is 14.4. The van der Waals surface area contributed by atoms with Gasteiger partial charge in [0.1, 0.15) is 0 Å². The number of hydrazine groups is 2. The molecule has 17 unspecified atom stereocenters. The Bertz CT molecular complexity index is 3300. The van der Waals surface area contributed by atoms with Crippen LogP contribution in [0.15, 0.2) is 0 Å². The predicted octanol–water partition coefficient (Wildman–Crippen LogP) is 4.12. The van der Waals surface area contributed by atoms with Crippen molar-refractivity contribution in [1.82, 2.24) is 102 Å². The van der Waals surface area contributed by atoms with Crippen molar-refractivity contribution in [2.45, 2.75) is 322 Å². The SMILES string of the molecule is CCCN(CC(=O)N(CCC)CC(=O)N(CCC)CC(=O)N(CCC)CC(=O)N(CCC)CC(=O)N(CC(N)=O)CC1CN(CCCNC(=O)CCCOC2C(C(C)(C)C)CC(C3NC4CCC(N5CCN(C)CC5)CC4N3)CC2C(C)(C)C)NN1)C(=O)CCCOC1CCCC(C2NC3CCC(C4NC5CCC(N6CCN(C)CC6)CC5N4)CC3N2)C1. The Morgan fingerprint density at radius 3 is 1.31 bits per heavy atom. The van der Waals surface area contributed by atoms with Crippen LogP contribution in [0, 0.1) is 40.4 Å². The van der Waals surface area contributed by atoms with E-state index in [0.717, 1.165) is 51.6 Å². The first-order chi connectivity index (χ1) is 59.0. The van der Waals surface area contributed by atoms with E-state index in [0.29, 0.717) is 187 Å². The van der Waals surface area contributed by atoms with E-state index in [-0.39, 0.29) is 131 Å². The second kappa shape index (κ2) is 47.6. The molecule has 0 aromatic heterocycles. The molecule has 8 amide bonds. The van der Waals surface area contributed by atoms with Gasteiger partial charge in [0.25, 0.3) is 0 Å². The van der Waals surface area contributed by atoms with Crippen LogP contribution in [0.25, 0.3) is 0 Å². The number of fused-ring (bicyclic) bond motifs is 3. The number of nitrogens with one attached hydrogen (secondary N) is 9. The molecule has 0 aromatic carbocycles. The zero-order valence-electron chi connectivity index (χ0n) is 78.4. The summed E-state index contributed by atoms with van der Waals surface area (Å²) in [6, 6.07) is 4.22. The number of amides is 8. The molecule has 6 saturated heterocycles. The van der Waals surface area contributed by atoms with Crippen LogP contribution >= 0.6 is 0 Å². The van der Waals surface area contributed by atoms with Crippen LogP contribution in [-0.4, -0.2) is 364 Å². The zero-order chi connectivity index (χ0) is 88.1. The number of carbonyl (C=O) groups excluding carboxylic acids is 8. The van der Waals surface area contributed by atoms with Gasteiger partial charge in [-0.3, -0.25) is 80.1 Å². The quantitative estimate of drug-likeness (QED) is 0.0384. The average Bonchev–Trinajstić information content (AvgIpc) is 0.950. The van der Waals surface area contributed by atoms with Crippen LogP contribution in [0.5, 0.6) is 0 Å². The van der Waals surface area contributed by atoms with E-state index < -0.39 is 29.5 Å². The lowest BCUT2D eigenvalue weighted by Gasteiger charge is -2.52. The van der Waals surface area contributed by atoms with Crippen LogP contribution in [-0.2, 0) is 47.8 Å². The summed E-state index contributed by atoms with van der Waals surface area (Å²) in [4.78, 5) is 131. The number of hydrogen-bond acceptors (Lipinski definition) is 23. The Hall–Kier alpha value is -4.84. The van der Waals surface area contributed by atoms with Gasteiger partial charge in [-0.05, 0) is 196 Å². The van der Waals surface area contributed by atoms with Crippen molar-refractivity contribution < 1.29 is 47.8 Å². The van der Waals surface area contributed by atoms with Crippen molar-refractivity contribution in [2.75, 3.05) is 178 Å². The Morgan fingerprint density at radius 1 is 0.431 bits per heavy atom.